The number of aliphatic imine (C=N–C) groups is 2. The molecule has 4 fully saturated rings. The molecule has 29 nitrogen and oxygen atoms in total. The van der Waals surface area contributed by atoms with Gasteiger partial charge in [0.15, 0.2) is 0 Å². The predicted octanol–water partition coefficient (Wildman–Crippen LogP) is 17.3. The van der Waals surface area contributed by atoms with E-state index in [0.29, 0.717) is 92.6 Å². The minimum absolute atomic E-state index is 0.0198. The number of hydroxylamine groups is 2. The molecule has 3 aromatic heterocycles. The van der Waals surface area contributed by atoms with Crippen molar-refractivity contribution < 1.29 is 47.9 Å². The van der Waals surface area contributed by atoms with E-state index in [4.69, 9.17) is 20.0 Å². The van der Waals surface area contributed by atoms with Crippen LogP contribution in [-0.2, 0) is 46.3 Å². The topological polar surface area (TPSA) is 359 Å². The first kappa shape index (κ1) is 108. The number of likely N-dealkylation sites (tertiary alicyclic amines) is 2. The average Bonchev–Trinajstić information content (AvgIpc) is 0.807. The SMILES string of the molecule is CCc1cccc(C(=O)N(C)CCON(C(=O)CCCCCCNC(=O)Nc2ccncc2)C2CCCCC2)c1.CCc1cccc(C(=O)N2CCC(CCCCNC(=O)/C=C/c3cccnc3)CC2)c1.COC1CCN(C(=O)CCCCCCCNc2c(Nc3ccncc3)c(=O)c2=O)CC1.COCC1(CN(C)C(=O)CCCCCCCN=C(N=CN)Nc2ccccc2)CCCC1. The molecule has 2 saturated carbocycles. The van der Waals surface area contributed by atoms with Gasteiger partial charge in [-0.25, -0.2) is 14.9 Å². The van der Waals surface area contributed by atoms with Crippen molar-refractivity contribution in [1.29, 1.82) is 0 Å². The van der Waals surface area contributed by atoms with Gasteiger partial charge in [-0.2, -0.15) is 0 Å². The van der Waals surface area contributed by atoms with Crippen molar-refractivity contribution in [3.05, 3.63) is 207 Å². The standard InChI is InChI=1S/C31H45N5O4.C26H33N3O2.C25H41N5O2.C23H32N4O4/c1-3-25-12-11-13-26(24-25)30(38)35(2)22-23-40-36(28-14-7-6-8-15-28)29(37)16-9-4-5-10-19-33-31(39)34-27-17-20-32-21-18-27;1-2-21-8-5-10-24(19-21)26(31)29-17-13-22(14-18-29)7-3-4-16-28-25(30)12-11-23-9-6-15-27-20-23;1-30(19-25(20-32-2)16-10-11-17-25)23(31)15-9-4-3-5-12-18-27-24(28-21-26)29-22-13-7-6-8-14-22;1-31-18-10-15-27(16-11-18)19(28)7-5-3-2-4-6-12-25-20-21(23(30)22(20)29)26-17-8-13-24-14-9-17/h11-13,17-18,20-21,24,28H,3-10,14-16,19,22-23H2,1-2H3,(H2,32,33,34,39);5-6,8-12,15,19-20,22H,2-4,7,13-14,16-18H2,1H3,(H,28,30);6-8,13-14,21H,3-5,9-12,15-20H2,1-2H3,(H3,26,27,28,29);8-9,13-14,18,25H,2-7,10-12,15-16H2,1H3,(H,24,26)/b;12-11+;;. The van der Waals surface area contributed by atoms with E-state index in [9.17, 15) is 43.2 Å². The van der Waals surface area contributed by atoms with Crippen LogP contribution in [0.2, 0.25) is 0 Å². The van der Waals surface area contributed by atoms with E-state index < -0.39 is 10.9 Å². The molecule has 8 amide bonds. The van der Waals surface area contributed by atoms with E-state index in [1.807, 2.05) is 107 Å². The summed E-state index contributed by atoms with van der Waals surface area (Å²) in [5, 5.41) is 19.4. The van der Waals surface area contributed by atoms with Crippen LogP contribution in [0.4, 0.5) is 33.2 Å². The highest BCUT2D eigenvalue weighted by atomic mass is 16.7. The lowest BCUT2D eigenvalue weighted by atomic mass is 9.86. The van der Waals surface area contributed by atoms with Crippen LogP contribution in [0.3, 0.4) is 0 Å². The second kappa shape index (κ2) is 62.8. The molecule has 11 rings (SSSR count). The van der Waals surface area contributed by atoms with Gasteiger partial charge in [0, 0.05) is 190 Å². The van der Waals surface area contributed by atoms with Gasteiger partial charge in [-0.05, 0) is 205 Å². The number of guanidine groups is 1. The number of para-hydroxylation sites is 1. The first-order valence-electron chi connectivity index (χ1n) is 49.2. The largest absolute Gasteiger partial charge is 0.390 e. The molecule has 2 aliphatic heterocycles. The Morgan fingerprint density at radius 3 is 1.80 bits per heavy atom. The maximum atomic E-state index is 13.1. The fourth-order valence-electron chi connectivity index (χ4n) is 17.3. The minimum Gasteiger partial charge on any atom is -0.390 e. The van der Waals surface area contributed by atoms with Gasteiger partial charge >= 0.3 is 6.03 Å². The number of carbonyl (C=O) groups is 7. The number of aromatic nitrogens is 3. The Bertz CT molecular complexity index is 4720. The number of anilines is 5. The van der Waals surface area contributed by atoms with Crippen molar-refractivity contribution in [1.82, 2.24) is 50.2 Å². The van der Waals surface area contributed by atoms with Gasteiger partial charge in [0.25, 0.3) is 22.7 Å². The molecule has 0 spiro atoms. The number of hydrogen-bond donors (Lipinski definition) is 7. The Balaban J connectivity index is 0.000000221. The number of nitrogens with two attached hydrogens (primary N) is 1. The third-order valence-corrected chi connectivity index (χ3v) is 25.2. The Hall–Kier alpha value is -11.6. The van der Waals surface area contributed by atoms with Gasteiger partial charge in [0.2, 0.25) is 29.6 Å². The molecule has 134 heavy (non-hydrogen) atoms. The number of amides is 8. The quantitative estimate of drug-likeness (QED) is 0.00465. The maximum Gasteiger partial charge on any atom is 0.319 e. The number of urea groups is 1. The fraction of sp³-hybridized carbons (Fsp3) is 0.543. The summed E-state index contributed by atoms with van der Waals surface area (Å²) in [6, 6.07) is 36.1. The summed E-state index contributed by atoms with van der Waals surface area (Å²) in [5.41, 5.74) is 12.4. The first-order valence-corrected chi connectivity index (χ1v) is 49.2. The number of piperidine rings is 2. The average molecular weight is 1840 g/mol. The molecule has 29 heteroatoms. The highest BCUT2D eigenvalue weighted by Crippen LogP contribution is 2.39. The van der Waals surface area contributed by atoms with E-state index in [1.54, 1.807) is 105 Å². The van der Waals surface area contributed by atoms with Crippen molar-refractivity contribution in [3.8, 4) is 0 Å². The molecular weight excluding hydrogens is 1690 g/mol. The van der Waals surface area contributed by atoms with Gasteiger partial charge in [0.1, 0.15) is 11.4 Å². The normalized spacial score (nSPS) is 14.6. The van der Waals surface area contributed by atoms with Crippen molar-refractivity contribution in [2.75, 3.05) is 128 Å². The number of likely N-dealkylation sites (N-methyl/N-ethyl adjacent to an activating group) is 1. The zero-order valence-electron chi connectivity index (χ0n) is 80.6. The summed E-state index contributed by atoms with van der Waals surface area (Å²) in [5.74, 6) is 1.79. The number of ether oxygens (including phenoxy) is 2. The van der Waals surface area contributed by atoms with E-state index in [0.717, 1.165) is 241 Å². The van der Waals surface area contributed by atoms with Crippen LogP contribution >= 0.6 is 0 Å². The van der Waals surface area contributed by atoms with Crippen molar-refractivity contribution >= 4 is 88.3 Å². The number of nitrogens with zero attached hydrogens (tertiary/aromatic N) is 10. The lowest BCUT2D eigenvalue weighted by molar-refractivity contribution is -0.204. The highest BCUT2D eigenvalue weighted by molar-refractivity contribution is 5.98. The van der Waals surface area contributed by atoms with E-state index in [2.05, 4.69) is 76.8 Å². The Labute approximate surface area is 795 Å². The van der Waals surface area contributed by atoms with Gasteiger partial charge in [-0.15, -0.1) is 0 Å². The van der Waals surface area contributed by atoms with E-state index >= 15 is 0 Å². The molecule has 7 aromatic rings. The second-order valence-corrected chi connectivity index (χ2v) is 35.5. The summed E-state index contributed by atoms with van der Waals surface area (Å²) in [6.45, 7) is 12.4. The predicted molar refractivity (Wildman–Crippen MR) is 536 cm³/mol. The number of hydrogen-bond acceptors (Lipinski definition) is 18. The van der Waals surface area contributed by atoms with Crippen LogP contribution in [0.25, 0.3) is 6.08 Å². The molecule has 4 aromatic carbocycles. The number of methoxy groups -OCH3 is 2. The van der Waals surface area contributed by atoms with Crippen molar-refractivity contribution in [3.63, 3.8) is 0 Å². The molecular formula is C105H151N17O12. The summed E-state index contributed by atoms with van der Waals surface area (Å²) in [7, 11) is 7.21. The third-order valence-electron chi connectivity index (χ3n) is 25.2. The van der Waals surface area contributed by atoms with Crippen LogP contribution in [0, 0.1) is 11.3 Å². The smallest absolute Gasteiger partial charge is 0.319 e. The van der Waals surface area contributed by atoms with Crippen LogP contribution in [0.5, 0.6) is 0 Å². The maximum absolute atomic E-state index is 13.1. The molecule has 0 bridgehead atoms. The lowest BCUT2D eigenvalue weighted by Gasteiger charge is -2.33. The van der Waals surface area contributed by atoms with E-state index in [1.165, 1.54) is 44.0 Å². The zero-order chi connectivity index (χ0) is 95.6. The Morgan fingerprint density at radius 1 is 0.560 bits per heavy atom. The summed E-state index contributed by atoms with van der Waals surface area (Å²) >= 11 is 0. The van der Waals surface area contributed by atoms with Crippen LogP contribution in [0.1, 0.15) is 263 Å². The Kier molecular flexibility index (Phi) is 50.5. The number of unbranched alkanes of at least 4 members (excludes halogenated alkanes) is 12. The third kappa shape index (κ3) is 40.3. The molecule has 4 aliphatic rings. The highest BCUT2D eigenvalue weighted by Gasteiger charge is 2.36. The van der Waals surface area contributed by atoms with Gasteiger partial charge in [-0.3, -0.25) is 63.1 Å². The number of carbonyl (C=O) groups excluding carboxylic acids is 7. The number of rotatable bonds is 49. The van der Waals surface area contributed by atoms with Crippen molar-refractivity contribution in [2.24, 2.45) is 27.1 Å². The molecule has 2 saturated heterocycles. The fourth-order valence-corrected chi connectivity index (χ4v) is 17.3. The number of nitrogens with one attached hydrogen (secondary N) is 6. The molecule has 2 aliphatic carbocycles. The van der Waals surface area contributed by atoms with Crippen molar-refractivity contribution in [2.45, 2.75) is 251 Å². The van der Waals surface area contributed by atoms with Gasteiger partial charge in [0.05, 0.1) is 31.7 Å². The first-order chi connectivity index (χ1) is 65.3. The molecule has 0 unspecified atom stereocenters. The molecule has 0 atom stereocenters. The molecule has 728 valence electrons. The second-order valence-electron chi connectivity index (χ2n) is 35.5. The molecule has 8 N–H and O–H groups in total. The summed E-state index contributed by atoms with van der Waals surface area (Å²) in [6.07, 6.45) is 49.3. The monoisotopic (exact) mass is 1840 g/mol. The Morgan fingerprint density at radius 2 is 1.15 bits per heavy atom. The van der Waals surface area contributed by atoms with Gasteiger partial charge < -0.3 is 66.7 Å². The summed E-state index contributed by atoms with van der Waals surface area (Å²) in [4.78, 5) is 145. The van der Waals surface area contributed by atoms with Gasteiger partial charge in [-0.1, -0.05) is 159 Å². The number of pyridine rings is 3. The van der Waals surface area contributed by atoms with Crippen LogP contribution in [0.15, 0.2) is 178 Å². The van der Waals surface area contributed by atoms with Crippen LogP contribution in [-0.4, -0.2) is 213 Å². The van der Waals surface area contributed by atoms with E-state index in [-0.39, 0.29) is 59.5 Å². The van der Waals surface area contributed by atoms with Crippen LogP contribution < -0.4 is 48.5 Å². The number of aryl methyl sites for hydroxylation is 2. The molecule has 5 heterocycles. The lowest BCUT2D eigenvalue weighted by Crippen LogP contribution is -2.43. The molecule has 0 radical (unpaired) electrons. The summed E-state index contributed by atoms with van der Waals surface area (Å²) < 4.78 is 10.8. The minimum atomic E-state index is -0.490. The zero-order valence-corrected chi connectivity index (χ0v) is 80.6. The number of benzene rings is 3.